The van der Waals surface area contributed by atoms with Gasteiger partial charge in [0, 0.05) is 24.2 Å². The van der Waals surface area contributed by atoms with E-state index in [0.717, 1.165) is 16.8 Å². The van der Waals surface area contributed by atoms with Gasteiger partial charge in [0.1, 0.15) is 0 Å². The summed E-state index contributed by atoms with van der Waals surface area (Å²) in [6, 6.07) is 7.56. The van der Waals surface area contributed by atoms with E-state index in [-0.39, 0.29) is 6.61 Å². The fraction of sp³-hybridized carbons (Fsp3) is 0.0909. The second-order valence-corrected chi connectivity index (χ2v) is 2.95. The maximum Gasteiger partial charge on any atom is 0.0717 e. The Balaban J connectivity index is 2.34. The molecule has 0 saturated heterocycles. The van der Waals surface area contributed by atoms with Gasteiger partial charge < -0.3 is 5.11 Å². The van der Waals surface area contributed by atoms with Gasteiger partial charge in [0.15, 0.2) is 0 Å². The summed E-state index contributed by atoms with van der Waals surface area (Å²) in [5, 5.41) is 8.85. The first-order chi connectivity index (χ1) is 6.90. The molecule has 0 aromatic carbocycles. The number of aliphatic hydroxyl groups is 1. The monoisotopic (exact) mass is 186 g/mol. The summed E-state index contributed by atoms with van der Waals surface area (Å²) < 4.78 is 0. The smallest absolute Gasteiger partial charge is 0.0717 e. The van der Waals surface area contributed by atoms with Crippen LogP contribution in [-0.2, 0) is 6.61 Å². The molecule has 0 aliphatic rings. The van der Waals surface area contributed by atoms with Crippen LogP contribution in [0, 0.1) is 0 Å². The molecule has 2 rings (SSSR count). The molecular formula is C11H10N2O. The van der Waals surface area contributed by atoms with Gasteiger partial charge in [-0.25, -0.2) is 0 Å². The predicted molar refractivity (Wildman–Crippen MR) is 53.4 cm³/mol. The van der Waals surface area contributed by atoms with E-state index in [0.29, 0.717) is 0 Å². The van der Waals surface area contributed by atoms with Crippen LogP contribution >= 0.6 is 0 Å². The summed E-state index contributed by atoms with van der Waals surface area (Å²) in [7, 11) is 0. The number of hydrogen-bond acceptors (Lipinski definition) is 3. The number of aliphatic hydroxyl groups excluding tert-OH is 1. The molecule has 0 atom stereocenters. The van der Waals surface area contributed by atoms with E-state index >= 15 is 0 Å². The van der Waals surface area contributed by atoms with E-state index in [1.165, 1.54) is 0 Å². The minimum absolute atomic E-state index is 0.0281. The van der Waals surface area contributed by atoms with E-state index in [4.69, 9.17) is 5.11 Å². The normalized spacial score (nSPS) is 10.1. The van der Waals surface area contributed by atoms with Crippen molar-refractivity contribution in [3.8, 4) is 11.3 Å². The SMILES string of the molecule is OCc1ccc(-c2cccnc2)nc1. The van der Waals surface area contributed by atoms with E-state index in [1.807, 2.05) is 24.3 Å². The zero-order valence-corrected chi connectivity index (χ0v) is 7.59. The summed E-state index contributed by atoms with van der Waals surface area (Å²) >= 11 is 0. The minimum atomic E-state index is 0.0281. The molecule has 2 heterocycles. The Bertz CT molecular complexity index is 397. The second kappa shape index (κ2) is 3.98. The number of aromatic nitrogens is 2. The number of nitrogens with zero attached hydrogens (tertiary/aromatic N) is 2. The van der Waals surface area contributed by atoms with Crippen LogP contribution in [0.1, 0.15) is 5.56 Å². The Labute approximate surface area is 82.1 Å². The van der Waals surface area contributed by atoms with Crippen LogP contribution < -0.4 is 0 Å². The first-order valence-corrected chi connectivity index (χ1v) is 4.36. The maximum absolute atomic E-state index is 8.85. The van der Waals surface area contributed by atoms with Gasteiger partial charge in [-0.1, -0.05) is 6.07 Å². The Hall–Kier alpha value is -1.74. The van der Waals surface area contributed by atoms with Crippen molar-refractivity contribution < 1.29 is 5.11 Å². The Kier molecular flexibility index (Phi) is 2.51. The van der Waals surface area contributed by atoms with Gasteiger partial charge in [-0.2, -0.15) is 0 Å². The molecule has 0 bridgehead atoms. The Morgan fingerprint density at radius 1 is 1.14 bits per heavy atom. The van der Waals surface area contributed by atoms with E-state index < -0.39 is 0 Å². The molecule has 0 fully saturated rings. The van der Waals surface area contributed by atoms with E-state index in [2.05, 4.69) is 9.97 Å². The summed E-state index contributed by atoms with van der Waals surface area (Å²) in [4.78, 5) is 8.23. The van der Waals surface area contributed by atoms with Crippen LogP contribution in [0.2, 0.25) is 0 Å². The van der Waals surface area contributed by atoms with Crippen LogP contribution in [-0.4, -0.2) is 15.1 Å². The zero-order valence-electron chi connectivity index (χ0n) is 7.59. The minimum Gasteiger partial charge on any atom is -0.392 e. The lowest BCUT2D eigenvalue weighted by Crippen LogP contribution is -1.87. The largest absolute Gasteiger partial charge is 0.392 e. The second-order valence-electron chi connectivity index (χ2n) is 2.95. The van der Waals surface area contributed by atoms with Crippen molar-refractivity contribution >= 4 is 0 Å². The average Bonchev–Trinajstić information content (AvgIpc) is 2.30. The molecule has 0 radical (unpaired) electrons. The molecule has 0 unspecified atom stereocenters. The van der Waals surface area contributed by atoms with Crippen LogP contribution in [0.25, 0.3) is 11.3 Å². The third kappa shape index (κ3) is 1.78. The van der Waals surface area contributed by atoms with Crippen molar-refractivity contribution in [2.45, 2.75) is 6.61 Å². The lowest BCUT2D eigenvalue weighted by Gasteiger charge is -2.00. The van der Waals surface area contributed by atoms with Gasteiger partial charge in [-0.05, 0) is 23.8 Å². The van der Waals surface area contributed by atoms with Crippen molar-refractivity contribution in [2.24, 2.45) is 0 Å². The molecule has 1 N–H and O–H groups in total. The van der Waals surface area contributed by atoms with Gasteiger partial charge >= 0.3 is 0 Å². The molecule has 0 saturated carbocycles. The highest BCUT2D eigenvalue weighted by molar-refractivity contribution is 5.57. The van der Waals surface area contributed by atoms with Crippen molar-refractivity contribution in [1.82, 2.24) is 9.97 Å². The quantitative estimate of drug-likeness (QED) is 0.775. The average molecular weight is 186 g/mol. The van der Waals surface area contributed by atoms with E-state index in [1.54, 1.807) is 18.6 Å². The van der Waals surface area contributed by atoms with Gasteiger partial charge in [-0.3, -0.25) is 9.97 Å². The summed E-state index contributed by atoms with van der Waals surface area (Å²) in [6.07, 6.45) is 5.16. The van der Waals surface area contributed by atoms with Crippen LogP contribution in [0.15, 0.2) is 42.9 Å². The Morgan fingerprint density at radius 3 is 2.64 bits per heavy atom. The lowest BCUT2D eigenvalue weighted by molar-refractivity contribution is 0.281. The maximum atomic E-state index is 8.85. The molecule has 14 heavy (non-hydrogen) atoms. The fourth-order valence-electron chi connectivity index (χ4n) is 1.20. The zero-order chi connectivity index (χ0) is 9.80. The fourth-order valence-corrected chi connectivity index (χ4v) is 1.20. The molecule has 3 heteroatoms. The highest BCUT2D eigenvalue weighted by Gasteiger charge is 1.97. The highest BCUT2D eigenvalue weighted by Crippen LogP contribution is 2.14. The summed E-state index contributed by atoms with van der Waals surface area (Å²) in [6.45, 7) is 0.0281. The van der Waals surface area contributed by atoms with Crippen molar-refractivity contribution in [1.29, 1.82) is 0 Å². The molecule has 0 amide bonds. The summed E-state index contributed by atoms with van der Waals surface area (Å²) in [5.41, 5.74) is 2.67. The van der Waals surface area contributed by atoms with Gasteiger partial charge in [0.05, 0.1) is 12.3 Å². The van der Waals surface area contributed by atoms with E-state index in [9.17, 15) is 0 Å². The third-order valence-corrected chi connectivity index (χ3v) is 1.96. The van der Waals surface area contributed by atoms with Crippen molar-refractivity contribution in [2.75, 3.05) is 0 Å². The molecule has 0 spiro atoms. The highest BCUT2D eigenvalue weighted by atomic mass is 16.3. The molecule has 3 nitrogen and oxygen atoms in total. The van der Waals surface area contributed by atoms with Crippen LogP contribution in [0.4, 0.5) is 0 Å². The standard InChI is InChI=1S/C11H10N2O/c14-8-9-3-4-11(13-6-9)10-2-1-5-12-7-10/h1-7,14H,8H2. The first kappa shape index (κ1) is 8.84. The van der Waals surface area contributed by atoms with Crippen LogP contribution in [0.3, 0.4) is 0 Å². The summed E-state index contributed by atoms with van der Waals surface area (Å²) in [5.74, 6) is 0. The number of hydrogen-bond donors (Lipinski definition) is 1. The molecule has 2 aromatic heterocycles. The molecule has 70 valence electrons. The van der Waals surface area contributed by atoms with Crippen molar-refractivity contribution in [3.63, 3.8) is 0 Å². The Morgan fingerprint density at radius 2 is 2.07 bits per heavy atom. The first-order valence-electron chi connectivity index (χ1n) is 4.36. The van der Waals surface area contributed by atoms with Crippen LogP contribution in [0.5, 0.6) is 0 Å². The number of rotatable bonds is 2. The van der Waals surface area contributed by atoms with Crippen molar-refractivity contribution in [3.05, 3.63) is 48.4 Å². The third-order valence-electron chi connectivity index (χ3n) is 1.96. The molecule has 2 aromatic rings. The van der Waals surface area contributed by atoms with Gasteiger partial charge in [0.25, 0.3) is 0 Å². The van der Waals surface area contributed by atoms with Gasteiger partial charge in [-0.15, -0.1) is 0 Å². The topological polar surface area (TPSA) is 46.0 Å². The lowest BCUT2D eigenvalue weighted by atomic mass is 10.2. The molecule has 0 aliphatic heterocycles. The molecule has 0 aliphatic carbocycles. The number of pyridine rings is 2. The van der Waals surface area contributed by atoms with Gasteiger partial charge in [0.2, 0.25) is 0 Å². The molecular weight excluding hydrogens is 176 g/mol. The predicted octanol–water partition coefficient (Wildman–Crippen LogP) is 1.64.